The summed E-state index contributed by atoms with van der Waals surface area (Å²) < 4.78 is 5.94. The Balaban J connectivity index is 2.38. The number of aromatic amines is 1. The van der Waals surface area contributed by atoms with Crippen LogP contribution in [0.15, 0.2) is 38.8 Å². The number of hydrogen-bond donors (Lipinski definition) is 2. The lowest BCUT2D eigenvalue weighted by atomic mass is 10.3. The van der Waals surface area contributed by atoms with Crippen molar-refractivity contribution in [2.75, 3.05) is 7.11 Å². The maximum absolute atomic E-state index is 11.6. The van der Waals surface area contributed by atoms with Gasteiger partial charge in [-0.05, 0) is 24.3 Å². The maximum atomic E-state index is 11.6. The van der Waals surface area contributed by atoms with Crippen molar-refractivity contribution in [3.05, 3.63) is 50.7 Å². The number of aromatic nitrogens is 2. The molecule has 0 aliphatic heterocycles. The molecule has 0 bridgehead atoms. The van der Waals surface area contributed by atoms with Crippen molar-refractivity contribution in [2.45, 2.75) is 0 Å². The van der Waals surface area contributed by atoms with Gasteiger partial charge in [-0.3, -0.25) is 19.3 Å². The molecule has 0 spiro atoms. The normalized spacial score (nSPS) is 10.9. The molecule has 0 amide bonds. The zero-order valence-electron chi connectivity index (χ0n) is 11.0. The third kappa shape index (κ3) is 2.61. The second-order valence-electron chi connectivity index (χ2n) is 4.01. The highest BCUT2D eigenvalue weighted by Crippen LogP contribution is 2.17. The van der Waals surface area contributed by atoms with Gasteiger partial charge in [0, 0.05) is 13.3 Å². The summed E-state index contributed by atoms with van der Waals surface area (Å²) in [6.45, 7) is 0. The van der Waals surface area contributed by atoms with Gasteiger partial charge in [-0.15, -0.1) is 0 Å². The molecule has 1 aromatic heterocycles. The highest BCUT2D eigenvalue weighted by atomic mass is 16.5. The number of methoxy groups -OCH3 is 1. The lowest BCUT2D eigenvalue weighted by Gasteiger charge is -2.03. The van der Waals surface area contributed by atoms with Crippen LogP contribution in [0.1, 0.15) is 5.56 Å². The summed E-state index contributed by atoms with van der Waals surface area (Å²) in [5.74, 6) is 0.253. The lowest BCUT2D eigenvalue weighted by molar-refractivity contribution is 0.415. The summed E-state index contributed by atoms with van der Waals surface area (Å²) >= 11 is 0. The van der Waals surface area contributed by atoms with E-state index in [1.165, 1.54) is 13.3 Å². The summed E-state index contributed by atoms with van der Waals surface area (Å²) in [5.41, 5.74) is -0.877. The number of hydrogen-bond acceptors (Lipinski definition) is 5. The van der Waals surface area contributed by atoms with Crippen LogP contribution in [-0.4, -0.2) is 28.0 Å². The van der Waals surface area contributed by atoms with Crippen LogP contribution in [-0.2, 0) is 7.05 Å². The van der Waals surface area contributed by atoms with E-state index in [0.29, 0.717) is 11.4 Å². The molecule has 0 aliphatic carbocycles. The summed E-state index contributed by atoms with van der Waals surface area (Å²) in [6, 6.07) is 6.83. The molecule has 7 heteroatoms. The van der Waals surface area contributed by atoms with Gasteiger partial charge < -0.3 is 9.84 Å². The maximum Gasteiger partial charge on any atom is 0.330 e. The fourth-order valence-electron chi connectivity index (χ4n) is 1.55. The quantitative estimate of drug-likeness (QED) is 0.799. The molecular weight excluding hydrogens is 262 g/mol. The minimum atomic E-state index is -0.692. The molecule has 7 nitrogen and oxygen atoms in total. The van der Waals surface area contributed by atoms with Crippen molar-refractivity contribution in [1.29, 1.82) is 0 Å². The average molecular weight is 275 g/mol. The Hall–Kier alpha value is -2.83. The minimum absolute atomic E-state index is 0.0806. The van der Waals surface area contributed by atoms with Crippen LogP contribution in [0.5, 0.6) is 11.6 Å². The Bertz CT molecular complexity index is 757. The fraction of sp³-hybridized carbons (Fsp3) is 0.154. The molecule has 2 N–H and O–H groups in total. The number of H-pyrrole nitrogens is 1. The molecule has 20 heavy (non-hydrogen) atoms. The second-order valence-corrected chi connectivity index (χ2v) is 4.01. The summed E-state index contributed by atoms with van der Waals surface area (Å²) in [5, 5.41) is 9.75. The Morgan fingerprint density at radius 1 is 1.30 bits per heavy atom. The lowest BCUT2D eigenvalue weighted by Crippen LogP contribution is -2.30. The predicted molar refractivity (Wildman–Crippen MR) is 74.2 cm³/mol. The Morgan fingerprint density at radius 3 is 2.55 bits per heavy atom. The van der Waals surface area contributed by atoms with Gasteiger partial charge >= 0.3 is 5.69 Å². The number of rotatable bonds is 3. The number of nitrogens with zero attached hydrogens (tertiary/aromatic N) is 2. The first kappa shape index (κ1) is 13.6. The van der Waals surface area contributed by atoms with E-state index in [4.69, 9.17) is 4.74 Å². The predicted octanol–water partition coefficient (Wildman–Crippen LogP) is 0.538. The topological polar surface area (TPSA) is 96.7 Å². The van der Waals surface area contributed by atoms with Crippen LogP contribution in [0.2, 0.25) is 0 Å². The zero-order chi connectivity index (χ0) is 14.7. The van der Waals surface area contributed by atoms with Crippen molar-refractivity contribution >= 4 is 11.9 Å². The number of ether oxygens (including phenoxy) is 1. The molecule has 0 saturated heterocycles. The molecule has 0 unspecified atom stereocenters. The van der Waals surface area contributed by atoms with Crippen molar-refractivity contribution < 1.29 is 9.84 Å². The van der Waals surface area contributed by atoms with Crippen LogP contribution in [0, 0.1) is 0 Å². The van der Waals surface area contributed by atoms with Gasteiger partial charge in [-0.1, -0.05) is 0 Å². The highest BCUT2D eigenvalue weighted by molar-refractivity contribution is 5.84. The van der Waals surface area contributed by atoms with Crippen molar-refractivity contribution in [3.63, 3.8) is 0 Å². The van der Waals surface area contributed by atoms with Gasteiger partial charge in [0.25, 0.3) is 5.56 Å². The van der Waals surface area contributed by atoms with Crippen LogP contribution in [0.4, 0.5) is 5.69 Å². The Labute approximate surface area is 113 Å². The van der Waals surface area contributed by atoms with Gasteiger partial charge in [0.15, 0.2) is 0 Å². The number of aromatic hydroxyl groups is 1. The summed E-state index contributed by atoms with van der Waals surface area (Å²) in [6.07, 6.45) is 1.20. The zero-order valence-corrected chi connectivity index (χ0v) is 11.0. The average Bonchev–Trinajstić information content (AvgIpc) is 2.45. The first-order valence-electron chi connectivity index (χ1n) is 5.73. The van der Waals surface area contributed by atoms with Crippen LogP contribution in [0.25, 0.3) is 0 Å². The number of aliphatic imine (C=N–C) groups is 1. The molecular formula is C13H13N3O4. The molecule has 0 radical (unpaired) electrons. The molecule has 2 aromatic rings. The van der Waals surface area contributed by atoms with Crippen molar-refractivity contribution in [3.8, 4) is 11.6 Å². The number of nitrogens with one attached hydrogen (secondary N) is 1. The molecule has 0 atom stereocenters. The summed E-state index contributed by atoms with van der Waals surface area (Å²) in [7, 11) is 2.90. The van der Waals surface area contributed by atoms with Gasteiger partial charge in [-0.25, -0.2) is 4.79 Å². The van der Waals surface area contributed by atoms with E-state index in [-0.39, 0.29) is 5.56 Å². The van der Waals surface area contributed by atoms with Crippen molar-refractivity contribution in [2.24, 2.45) is 12.0 Å². The monoisotopic (exact) mass is 275 g/mol. The van der Waals surface area contributed by atoms with E-state index >= 15 is 0 Å². The van der Waals surface area contributed by atoms with E-state index in [2.05, 4.69) is 9.98 Å². The van der Waals surface area contributed by atoms with Gasteiger partial charge in [0.05, 0.1) is 12.8 Å². The molecule has 2 rings (SSSR count). The minimum Gasteiger partial charge on any atom is -0.497 e. The third-order valence-electron chi connectivity index (χ3n) is 2.74. The van der Waals surface area contributed by atoms with Crippen LogP contribution in [0.3, 0.4) is 0 Å². The van der Waals surface area contributed by atoms with E-state index in [0.717, 1.165) is 4.57 Å². The van der Waals surface area contributed by atoms with Crippen molar-refractivity contribution in [1.82, 2.24) is 9.55 Å². The van der Waals surface area contributed by atoms with Gasteiger partial charge in [-0.2, -0.15) is 0 Å². The standard InChI is InChI=1S/C13H13N3O4/c1-16-12(18)10(11(17)15-13(16)19)7-14-8-3-5-9(20-2)6-4-8/h3-7,18H,1-2H3,(H,15,17,19). The molecule has 0 fully saturated rings. The van der Waals surface area contributed by atoms with Crippen LogP contribution < -0.4 is 16.0 Å². The molecule has 1 aromatic carbocycles. The number of benzene rings is 1. The molecule has 0 saturated carbocycles. The van der Waals surface area contributed by atoms with E-state index in [9.17, 15) is 14.7 Å². The summed E-state index contributed by atoms with van der Waals surface area (Å²) in [4.78, 5) is 29.0. The Morgan fingerprint density at radius 2 is 1.95 bits per heavy atom. The molecule has 104 valence electrons. The second kappa shape index (κ2) is 5.43. The first-order valence-corrected chi connectivity index (χ1v) is 5.73. The first-order chi connectivity index (χ1) is 9.52. The van der Waals surface area contributed by atoms with E-state index in [1.807, 2.05) is 0 Å². The fourth-order valence-corrected chi connectivity index (χ4v) is 1.55. The molecule has 1 heterocycles. The van der Waals surface area contributed by atoms with Gasteiger partial charge in [0.1, 0.15) is 11.3 Å². The van der Waals surface area contributed by atoms with Gasteiger partial charge in [0.2, 0.25) is 5.88 Å². The smallest absolute Gasteiger partial charge is 0.330 e. The largest absolute Gasteiger partial charge is 0.497 e. The van der Waals surface area contributed by atoms with Crippen LogP contribution >= 0.6 is 0 Å². The molecule has 0 aliphatic rings. The third-order valence-corrected chi connectivity index (χ3v) is 2.74. The SMILES string of the molecule is COc1ccc(N=Cc2c(O)n(C)c(=O)[nH]c2=O)cc1. The highest BCUT2D eigenvalue weighted by Gasteiger charge is 2.09. The Kier molecular flexibility index (Phi) is 3.69. The van der Waals surface area contributed by atoms with E-state index < -0.39 is 17.1 Å². The van der Waals surface area contributed by atoms with E-state index in [1.54, 1.807) is 31.4 Å².